The van der Waals surface area contributed by atoms with Crippen LogP contribution in [0.5, 0.6) is 0 Å². The third kappa shape index (κ3) is 2.40. The molecule has 0 amide bonds. The highest BCUT2D eigenvalue weighted by Gasteiger charge is 2.32. The van der Waals surface area contributed by atoms with Crippen molar-refractivity contribution in [2.75, 3.05) is 18.6 Å². The van der Waals surface area contributed by atoms with Crippen molar-refractivity contribution in [2.24, 2.45) is 0 Å². The molecule has 8 heteroatoms. The molecule has 1 aliphatic rings. The van der Waals surface area contributed by atoms with Gasteiger partial charge in [-0.3, -0.25) is 0 Å². The molecule has 0 saturated carbocycles. The van der Waals surface area contributed by atoms with E-state index in [2.05, 4.69) is 0 Å². The Morgan fingerprint density at radius 3 is 2.78 bits per heavy atom. The fourth-order valence-corrected chi connectivity index (χ4v) is 4.37. The minimum absolute atomic E-state index is 0.0571. The first-order valence-corrected chi connectivity index (χ1v) is 7.91. The van der Waals surface area contributed by atoms with Crippen LogP contribution in [-0.4, -0.2) is 48.4 Å². The summed E-state index contributed by atoms with van der Waals surface area (Å²) >= 11 is 1.70. The van der Waals surface area contributed by atoms with Crippen LogP contribution in [0.25, 0.3) is 0 Å². The monoisotopic (exact) mass is 291 g/mol. The Balaban J connectivity index is 2.26. The number of rotatable bonds is 4. The van der Waals surface area contributed by atoms with E-state index in [9.17, 15) is 13.2 Å². The van der Waals surface area contributed by atoms with Gasteiger partial charge in [0.15, 0.2) is 0 Å². The zero-order valence-electron chi connectivity index (χ0n) is 9.70. The summed E-state index contributed by atoms with van der Waals surface area (Å²) in [5, 5.41) is 8.39. The molecule has 1 fully saturated rings. The Morgan fingerprint density at radius 2 is 2.28 bits per heavy atom. The summed E-state index contributed by atoms with van der Waals surface area (Å²) in [5.74, 6) is 0.0314. The van der Waals surface area contributed by atoms with Gasteiger partial charge in [-0.1, -0.05) is 0 Å². The van der Waals surface area contributed by atoms with Gasteiger partial charge in [0.2, 0.25) is 10.9 Å². The molecular formula is C10H13NO5S2. The third-order valence-electron chi connectivity index (χ3n) is 2.85. The molecule has 100 valence electrons. The Labute approximate surface area is 109 Å². The highest BCUT2D eigenvalue weighted by molar-refractivity contribution is 7.99. The molecule has 2 heterocycles. The van der Waals surface area contributed by atoms with Crippen molar-refractivity contribution in [3.63, 3.8) is 0 Å². The minimum Gasteiger partial charge on any atom is -0.475 e. The number of hydrogen-bond donors (Lipinski definition) is 1. The molecule has 1 unspecified atom stereocenters. The number of aromatic carboxylic acids is 1. The average Bonchev–Trinajstić information content (AvgIpc) is 2.99. The lowest BCUT2D eigenvalue weighted by molar-refractivity contribution is 0.0656. The first-order chi connectivity index (χ1) is 8.43. The lowest BCUT2D eigenvalue weighted by Gasteiger charge is -2.21. The largest absolute Gasteiger partial charge is 0.475 e. The summed E-state index contributed by atoms with van der Waals surface area (Å²) in [7, 11) is -2.25. The van der Waals surface area contributed by atoms with Gasteiger partial charge in [-0.15, -0.1) is 0 Å². The van der Waals surface area contributed by atoms with Gasteiger partial charge in [-0.25, -0.2) is 13.2 Å². The molecule has 1 aromatic heterocycles. The molecule has 1 atom stereocenters. The number of carboxylic acids is 1. The number of nitrogens with zero attached hydrogens (tertiary/aromatic N) is 1. The Kier molecular flexibility index (Phi) is 3.69. The van der Waals surface area contributed by atoms with Crippen LogP contribution >= 0.6 is 11.8 Å². The second-order valence-electron chi connectivity index (χ2n) is 3.96. The summed E-state index contributed by atoms with van der Waals surface area (Å²) in [6.45, 7) is 0. The van der Waals surface area contributed by atoms with Gasteiger partial charge in [-0.05, 0) is 24.3 Å². The zero-order chi connectivity index (χ0) is 13.3. The van der Waals surface area contributed by atoms with Gasteiger partial charge in [0, 0.05) is 18.8 Å². The lowest BCUT2D eigenvalue weighted by atomic mass is 10.3. The maximum atomic E-state index is 12.2. The van der Waals surface area contributed by atoms with Crippen molar-refractivity contribution < 1.29 is 22.7 Å². The van der Waals surface area contributed by atoms with E-state index < -0.39 is 16.0 Å². The van der Waals surface area contributed by atoms with E-state index in [1.807, 2.05) is 0 Å². The molecule has 2 rings (SSSR count). The second-order valence-corrected chi connectivity index (χ2v) is 7.04. The van der Waals surface area contributed by atoms with E-state index >= 15 is 0 Å². The van der Waals surface area contributed by atoms with E-state index in [-0.39, 0.29) is 16.9 Å². The summed E-state index contributed by atoms with van der Waals surface area (Å²) in [4.78, 5) is 10.7. The minimum atomic E-state index is -3.75. The average molecular weight is 291 g/mol. The Morgan fingerprint density at radius 1 is 1.56 bits per heavy atom. The molecule has 1 saturated heterocycles. The fourth-order valence-electron chi connectivity index (χ4n) is 1.72. The van der Waals surface area contributed by atoms with Crippen LogP contribution in [0.1, 0.15) is 17.0 Å². The molecule has 6 nitrogen and oxygen atoms in total. The highest BCUT2D eigenvalue weighted by atomic mass is 32.2. The zero-order valence-corrected chi connectivity index (χ0v) is 11.3. The van der Waals surface area contributed by atoms with Crippen LogP contribution in [0.15, 0.2) is 21.6 Å². The fraction of sp³-hybridized carbons (Fsp3) is 0.500. The number of hydrogen-bond acceptors (Lipinski definition) is 5. The molecule has 0 aromatic carbocycles. The standard InChI is InChI=1S/C10H13NO5S2/c1-11(7-4-5-17-6-7)18(14,15)9-3-2-8(16-9)10(12)13/h2-3,7H,4-6H2,1H3,(H,12,13). The van der Waals surface area contributed by atoms with Gasteiger partial charge < -0.3 is 9.52 Å². The van der Waals surface area contributed by atoms with Crippen molar-refractivity contribution in [1.29, 1.82) is 0 Å². The molecule has 0 radical (unpaired) electrons. The Bertz CT molecular complexity index is 544. The molecule has 0 aliphatic carbocycles. The van der Waals surface area contributed by atoms with Gasteiger partial charge in [0.25, 0.3) is 10.0 Å². The van der Waals surface area contributed by atoms with Crippen molar-refractivity contribution >= 4 is 27.8 Å². The number of sulfonamides is 1. The number of thioether (sulfide) groups is 1. The van der Waals surface area contributed by atoms with E-state index in [0.29, 0.717) is 0 Å². The topological polar surface area (TPSA) is 87.8 Å². The summed E-state index contributed by atoms with van der Waals surface area (Å²) in [6, 6.07) is 2.27. The van der Waals surface area contributed by atoms with Gasteiger partial charge >= 0.3 is 5.97 Å². The molecule has 1 aliphatic heterocycles. The smallest absolute Gasteiger partial charge is 0.371 e. The van der Waals surface area contributed by atoms with Crippen LogP contribution < -0.4 is 0 Å². The van der Waals surface area contributed by atoms with Gasteiger partial charge in [0.1, 0.15) is 0 Å². The number of carbonyl (C=O) groups is 1. The highest BCUT2D eigenvalue weighted by Crippen LogP contribution is 2.26. The van der Waals surface area contributed by atoms with E-state index in [4.69, 9.17) is 9.52 Å². The SMILES string of the molecule is CN(C1CCSC1)S(=O)(=O)c1ccc(C(=O)O)o1. The first-order valence-electron chi connectivity index (χ1n) is 5.32. The quantitative estimate of drug-likeness (QED) is 0.894. The summed E-state index contributed by atoms with van der Waals surface area (Å²) < 4.78 is 30.5. The summed E-state index contributed by atoms with van der Waals surface area (Å²) in [6.07, 6.45) is 0.799. The van der Waals surface area contributed by atoms with E-state index in [1.54, 1.807) is 11.8 Å². The van der Waals surface area contributed by atoms with Crippen LogP contribution in [0.2, 0.25) is 0 Å². The first kappa shape index (κ1) is 13.4. The Hall–Kier alpha value is -0.990. The van der Waals surface area contributed by atoms with Crippen LogP contribution in [0, 0.1) is 0 Å². The predicted molar refractivity (Wildman–Crippen MR) is 66.3 cm³/mol. The third-order valence-corrected chi connectivity index (χ3v) is 5.77. The van der Waals surface area contributed by atoms with Crippen LogP contribution in [0.3, 0.4) is 0 Å². The van der Waals surface area contributed by atoms with Crippen molar-refractivity contribution in [3.8, 4) is 0 Å². The lowest BCUT2D eigenvalue weighted by Crippen LogP contribution is -2.36. The molecule has 1 aromatic rings. The van der Waals surface area contributed by atoms with E-state index in [0.717, 1.165) is 24.0 Å². The van der Waals surface area contributed by atoms with Crippen molar-refractivity contribution in [3.05, 3.63) is 17.9 Å². The summed E-state index contributed by atoms with van der Waals surface area (Å²) in [5.41, 5.74) is 0. The van der Waals surface area contributed by atoms with E-state index in [1.165, 1.54) is 17.4 Å². The van der Waals surface area contributed by atoms with Crippen LogP contribution in [-0.2, 0) is 10.0 Å². The molecule has 0 bridgehead atoms. The second kappa shape index (κ2) is 4.94. The molecule has 1 N–H and O–H groups in total. The molecule has 0 spiro atoms. The van der Waals surface area contributed by atoms with Crippen LogP contribution in [0.4, 0.5) is 0 Å². The van der Waals surface area contributed by atoms with Crippen molar-refractivity contribution in [1.82, 2.24) is 4.31 Å². The van der Waals surface area contributed by atoms with Crippen molar-refractivity contribution in [2.45, 2.75) is 17.6 Å². The van der Waals surface area contributed by atoms with Gasteiger partial charge in [-0.2, -0.15) is 16.1 Å². The maximum absolute atomic E-state index is 12.2. The molecular weight excluding hydrogens is 278 g/mol. The molecule has 18 heavy (non-hydrogen) atoms. The van der Waals surface area contributed by atoms with Gasteiger partial charge in [0.05, 0.1) is 0 Å². The number of carboxylic acid groups (broad SMARTS) is 1. The maximum Gasteiger partial charge on any atom is 0.371 e. The number of furan rings is 1. The predicted octanol–water partition coefficient (Wildman–Crippen LogP) is 1.10. The normalized spacial score (nSPS) is 20.4.